The van der Waals surface area contributed by atoms with E-state index >= 15 is 0 Å². The van der Waals surface area contributed by atoms with Gasteiger partial charge in [-0.25, -0.2) is 0 Å². The lowest BCUT2D eigenvalue weighted by Crippen LogP contribution is -2.46. The summed E-state index contributed by atoms with van der Waals surface area (Å²) in [4.78, 5) is 4.45. The summed E-state index contributed by atoms with van der Waals surface area (Å²) in [5, 5.41) is 19.8. The molecule has 2 heterocycles. The number of benzene rings is 1. The maximum absolute atomic E-state index is 9.69. The van der Waals surface area contributed by atoms with Crippen LogP contribution in [0.1, 0.15) is 31.2 Å². The van der Waals surface area contributed by atoms with Gasteiger partial charge in [-0.2, -0.15) is 0 Å². The van der Waals surface area contributed by atoms with E-state index in [1.807, 2.05) is 18.2 Å². The van der Waals surface area contributed by atoms with Crippen LogP contribution in [0.4, 0.5) is 0 Å². The first kappa shape index (κ1) is 19.0. The number of aromatic nitrogens is 1. The van der Waals surface area contributed by atoms with Gasteiger partial charge in [0, 0.05) is 17.8 Å². The zero-order chi connectivity index (χ0) is 18.5. The smallest absolute Gasteiger partial charge is 0.137 e. The average molecular weight is 360 g/mol. The fraction of sp³-hybridized carbons (Fsp3) is 0.550. The lowest BCUT2D eigenvalue weighted by atomic mass is 9.92. The van der Waals surface area contributed by atoms with Crippen molar-refractivity contribution in [3.63, 3.8) is 0 Å². The molecule has 1 saturated heterocycles. The second kappa shape index (κ2) is 8.77. The van der Waals surface area contributed by atoms with E-state index < -0.39 is 6.10 Å². The fourth-order valence-corrected chi connectivity index (χ4v) is 3.60. The van der Waals surface area contributed by atoms with E-state index in [9.17, 15) is 5.11 Å². The quantitative estimate of drug-likeness (QED) is 0.696. The number of nitrogens with two attached hydrogens (primary N) is 1. The van der Waals surface area contributed by atoms with Crippen LogP contribution >= 0.6 is 0 Å². The minimum atomic E-state index is -0.776. The fourth-order valence-electron chi connectivity index (χ4n) is 3.60. The minimum absolute atomic E-state index is 0.0848. The van der Waals surface area contributed by atoms with Gasteiger partial charge in [-0.3, -0.25) is 4.98 Å². The largest absolute Gasteiger partial charge is 0.495 e. The highest BCUT2D eigenvalue weighted by molar-refractivity contribution is 5.83. The van der Waals surface area contributed by atoms with Crippen LogP contribution in [0.5, 0.6) is 5.75 Å². The van der Waals surface area contributed by atoms with Gasteiger partial charge in [-0.1, -0.05) is 12.1 Å². The van der Waals surface area contributed by atoms with E-state index in [1.165, 1.54) is 5.56 Å². The molecule has 0 unspecified atom stereocenters. The minimum Gasteiger partial charge on any atom is -0.495 e. The molecule has 1 fully saturated rings. The predicted molar refractivity (Wildman–Crippen MR) is 100 cm³/mol. The normalized spacial score (nSPS) is 24.5. The Labute approximate surface area is 153 Å². The number of hydrogen-bond donors (Lipinski definition) is 3. The number of nitrogens with zero attached hydrogens (tertiary/aromatic N) is 1. The average Bonchev–Trinajstić information content (AvgIpc) is 2.67. The molecule has 6 heteroatoms. The number of aliphatic hydroxyl groups is 2. The van der Waals surface area contributed by atoms with Gasteiger partial charge in [0.15, 0.2) is 0 Å². The summed E-state index contributed by atoms with van der Waals surface area (Å²) < 4.78 is 11.4. The van der Waals surface area contributed by atoms with E-state index in [2.05, 4.69) is 11.1 Å². The van der Waals surface area contributed by atoms with E-state index in [-0.39, 0.29) is 24.9 Å². The van der Waals surface area contributed by atoms with Gasteiger partial charge in [0.25, 0.3) is 0 Å². The zero-order valence-corrected chi connectivity index (χ0v) is 15.2. The summed E-state index contributed by atoms with van der Waals surface area (Å²) in [6, 6.07) is 8.08. The highest BCUT2D eigenvalue weighted by Gasteiger charge is 2.30. The number of methoxy groups -OCH3 is 1. The summed E-state index contributed by atoms with van der Waals surface area (Å²) >= 11 is 0. The lowest BCUT2D eigenvalue weighted by Gasteiger charge is -2.35. The van der Waals surface area contributed by atoms with Crippen molar-refractivity contribution < 1.29 is 19.7 Å². The maximum Gasteiger partial charge on any atom is 0.137 e. The van der Waals surface area contributed by atoms with Crippen molar-refractivity contribution in [3.05, 3.63) is 36.0 Å². The Bertz CT molecular complexity index is 724. The number of aliphatic hydroxyl groups excluding tert-OH is 2. The summed E-state index contributed by atoms with van der Waals surface area (Å²) in [5.41, 5.74) is 8.30. The number of rotatable bonds is 7. The molecule has 2 aromatic rings. The number of aryl methyl sites for hydroxylation is 1. The molecule has 0 saturated carbocycles. The van der Waals surface area contributed by atoms with Crippen molar-refractivity contribution in [2.24, 2.45) is 5.73 Å². The highest BCUT2D eigenvalue weighted by Crippen LogP contribution is 2.27. The molecule has 6 nitrogen and oxygen atoms in total. The third-order valence-electron chi connectivity index (χ3n) is 5.14. The Morgan fingerprint density at radius 1 is 1.38 bits per heavy atom. The Morgan fingerprint density at radius 2 is 2.23 bits per heavy atom. The van der Waals surface area contributed by atoms with E-state index in [0.29, 0.717) is 6.42 Å². The first-order valence-electron chi connectivity index (χ1n) is 9.22. The van der Waals surface area contributed by atoms with Crippen LogP contribution in [0.3, 0.4) is 0 Å². The molecule has 4 atom stereocenters. The summed E-state index contributed by atoms with van der Waals surface area (Å²) in [6.45, 7) is -0.262. The van der Waals surface area contributed by atoms with Gasteiger partial charge >= 0.3 is 0 Å². The summed E-state index contributed by atoms with van der Waals surface area (Å²) in [5.74, 6) is 0.753. The highest BCUT2D eigenvalue weighted by atomic mass is 16.5. The molecular weight excluding hydrogens is 332 g/mol. The molecule has 0 radical (unpaired) electrons. The van der Waals surface area contributed by atoms with Gasteiger partial charge in [-0.15, -0.1) is 0 Å². The van der Waals surface area contributed by atoms with Crippen LogP contribution in [-0.2, 0) is 11.2 Å². The van der Waals surface area contributed by atoms with Gasteiger partial charge < -0.3 is 25.4 Å². The third kappa shape index (κ3) is 4.51. The molecule has 0 aliphatic carbocycles. The molecule has 1 aliphatic rings. The van der Waals surface area contributed by atoms with Crippen molar-refractivity contribution in [2.75, 3.05) is 13.7 Å². The molecule has 4 N–H and O–H groups in total. The molecule has 0 spiro atoms. The first-order valence-corrected chi connectivity index (χ1v) is 9.22. The van der Waals surface area contributed by atoms with Crippen LogP contribution in [0.15, 0.2) is 30.5 Å². The SMILES string of the molecule is COc1cnc2cccc(CC[C@@H]3CC[C@@H](N)[C@@H](C[C@@H](O)CO)O3)c2c1. The molecule has 0 amide bonds. The Balaban J connectivity index is 1.66. The zero-order valence-electron chi connectivity index (χ0n) is 15.2. The standard InChI is InChI=1S/C20H28N2O4/c1-25-16-10-17-13(3-2-4-19(17)22-11-16)5-6-15-7-8-18(21)20(26-15)9-14(24)12-23/h2-4,10-11,14-15,18,20,23-24H,5-9,12,21H2,1H3/t14-,15-,18-,20-/m1/s1. The molecular formula is C20H28N2O4. The third-order valence-corrected chi connectivity index (χ3v) is 5.14. The van der Waals surface area contributed by atoms with E-state index in [1.54, 1.807) is 13.3 Å². The summed E-state index contributed by atoms with van der Waals surface area (Å²) in [6.07, 6.45) is 4.79. The molecule has 0 bridgehead atoms. The van der Waals surface area contributed by atoms with Gasteiger partial charge in [-0.05, 0) is 43.4 Å². The Morgan fingerprint density at radius 3 is 3.00 bits per heavy atom. The monoisotopic (exact) mass is 360 g/mol. The molecule has 1 aliphatic heterocycles. The van der Waals surface area contributed by atoms with Crippen LogP contribution < -0.4 is 10.5 Å². The van der Waals surface area contributed by atoms with Crippen molar-refractivity contribution in [2.45, 2.75) is 56.5 Å². The van der Waals surface area contributed by atoms with Crippen LogP contribution in [0.25, 0.3) is 10.9 Å². The Kier molecular flexibility index (Phi) is 6.43. The second-order valence-electron chi connectivity index (χ2n) is 7.01. The maximum atomic E-state index is 9.69. The van der Waals surface area contributed by atoms with Gasteiger partial charge in [0.2, 0.25) is 0 Å². The number of hydrogen-bond acceptors (Lipinski definition) is 6. The molecule has 26 heavy (non-hydrogen) atoms. The predicted octanol–water partition coefficient (Wildman–Crippen LogP) is 1.79. The van der Waals surface area contributed by atoms with Crippen molar-refractivity contribution in [3.8, 4) is 5.75 Å². The molecule has 1 aromatic carbocycles. The van der Waals surface area contributed by atoms with Crippen LogP contribution in [-0.4, -0.2) is 53.3 Å². The van der Waals surface area contributed by atoms with Gasteiger partial charge in [0.1, 0.15) is 5.75 Å². The van der Waals surface area contributed by atoms with Gasteiger partial charge in [0.05, 0.1) is 43.7 Å². The number of fused-ring (bicyclic) bond motifs is 1. The molecule has 3 rings (SSSR count). The van der Waals surface area contributed by atoms with E-state index in [4.69, 9.17) is 20.3 Å². The first-order chi connectivity index (χ1) is 12.6. The number of pyridine rings is 1. The topological polar surface area (TPSA) is 97.8 Å². The lowest BCUT2D eigenvalue weighted by molar-refractivity contribution is -0.0855. The van der Waals surface area contributed by atoms with E-state index in [0.717, 1.165) is 42.3 Å². The van der Waals surface area contributed by atoms with Crippen molar-refractivity contribution >= 4 is 10.9 Å². The number of ether oxygens (including phenoxy) is 2. The van der Waals surface area contributed by atoms with Crippen molar-refractivity contribution in [1.29, 1.82) is 0 Å². The van der Waals surface area contributed by atoms with Crippen molar-refractivity contribution in [1.82, 2.24) is 4.98 Å². The van der Waals surface area contributed by atoms with Crippen LogP contribution in [0, 0.1) is 0 Å². The molecule has 142 valence electrons. The second-order valence-corrected chi connectivity index (χ2v) is 7.01. The van der Waals surface area contributed by atoms with Crippen LogP contribution in [0.2, 0.25) is 0 Å². The Hall–Kier alpha value is -1.73. The molecule has 1 aromatic heterocycles. The summed E-state index contributed by atoms with van der Waals surface area (Å²) in [7, 11) is 1.64.